The van der Waals surface area contributed by atoms with E-state index in [0.29, 0.717) is 0 Å². The van der Waals surface area contributed by atoms with Gasteiger partial charge in [0.2, 0.25) is 0 Å². The molecule has 0 amide bonds. The van der Waals surface area contributed by atoms with Crippen molar-refractivity contribution < 1.29 is 9.13 Å². The fourth-order valence-corrected chi connectivity index (χ4v) is 0.936. The zero-order chi connectivity index (χ0) is 8.43. The molecule has 0 fully saturated rings. The second kappa shape index (κ2) is 3.05. The first kappa shape index (κ1) is 8.27. The molecule has 0 atom stereocenters. The lowest BCUT2D eigenvalue weighted by molar-refractivity contribution is 0.408. The summed E-state index contributed by atoms with van der Waals surface area (Å²) in [5.74, 6) is -0.152. The molecule has 0 saturated carbocycles. The molecule has 1 aromatic heterocycles. The number of aromatic nitrogens is 1. The summed E-state index contributed by atoms with van der Waals surface area (Å²) in [5, 5.41) is 0.186. The molecule has 0 aliphatic heterocycles. The average Bonchev–Trinajstić information content (AvgIpc) is 1.97. The Labute approximate surface area is 69.0 Å². The second-order valence-corrected chi connectivity index (χ2v) is 2.41. The van der Waals surface area contributed by atoms with Crippen molar-refractivity contribution in [3.63, 3.8) is 0 Å². The van der Waals surface area contributed by atoms with Gasteiger partial charge in [-0.2, -0.15) is 0 Å². The van der Waals surface area contributed by atoms with Crippen LogP contribution in [0, 0.1) is 12.7 Å². The van der Waals surface area contributed by atoms with Crippen LogP contribution < -0.4 is 4.74 Å². The van der Waals surface area contributed by atoms with Crippen LogP contribution in [0.1, 0.15) is 5.69 Å². The number of pyridine rings is 1. The number of halogens is 2. The molecular formula is C7H7ClFNO. The lowest BCUT2D eigenvalue weighted by Crippen LogP contribution is -1.92. The van der Waals surface area contributed by atoms with Gasteiger partial charge in [0.15, 0.2) is 10.9 Å². The first-order valence-corrected chi connectivity index (χ1v) is 3.39. The van der Waals surface area contributed by atoms with E-state index in [4.69, 9.17) is 16.3 Å². The molecule has 0 aromatic carbocycles. The number of hydrogen-bond donors (Lipinski definition) is 0. The van der Waals surface area contributed by atoms with E-state index in [-0.39, 0.29) is 16.6 Å². The molecule has 60 valence electrons. The van der Waals surface area contributed by atoms with Gasteiger partial charge in [-0.05, 0) is 6.92 Å². The summed E-state index contributed by atoms with van der Waals surface area (Å²) in [6, 6.07) is 1.21. The third-order valence-corrected chi connectivity index (χ3v) is 1.56. The second-order valence-electron chi connectivity index (χ2n) is 2.05. The van der Waals surface area contributed by atoms with E-state index in [0.717, 1.165) is 0 Å². The van der Waals surface area contributed by atoms with Crippen molar-refractivity contribution in [2.24, 2.45) is 0 Å². The predicted molar refractivity (Wildman–Crippen MR) is 40.5 cm³/mol. The highest BCUT2D eigenvalue weighted by Crippen LogP contribution is 2.23. The van der Waals surface area contributed by atoms with Crippen LogP contribution in [-0.4, -0.2) is 12.1 Å². The monoisotopic (exact) mass is 175 g/mol. The number of nitrogens with zero attached hydrogens (tertiary/aromatic N) is 1. The van der Waals surface area contributed by atoms with Crippen molar-refractivity contribution in [2.45, 2.75) is 6.92 Å². The molecule has 1 aromatic rings. The third-order valence-electron chi connectivity index (χ3n) is 1.29. The number of hydrogen-bond acceptors (Lipinski definition) is 2. The highest BCUT2D eigenvalue weighted by Gasteiger charge is 2.06. The summed E-state index contributed by atoms with van der Waals surface area (Å²) in [5.41, 5.74) is 0.274. The fourth-order valence-electron chi connectivity index (χ4n) is 0.678. The molecule has 0 radical (unpaired) electrons. The lowest BCUT2D eigenvalue weighted by Gasteiger charge is -2.02. The van der Waals surface area contributed by atoms with E-state index in [9.17, 15) is 4.39 Å². The van der Waals surface area contributed by atoms with Gasteiger partial charge in [-0.1, -0.05) is 11.6 Å². The molecule has 0 aliphatic carbocycles. The minimum absolute atomic E-state index is 0.186. The van der Waals surface area contributed by atoms with E-state index >= 15 is 0 Å². The molecule has 1 heterocycles. The molecule has 0 saturated heterocycles. The van der Waals surface area contributed by atoms with Gasteiger partial charge in [0, 0.05) is 6.07 Å². The van der Waals surface area contributed by atoms with Crippen LogP contribution in [0.25, 0.3) is 0 Å². The third kappa shape index (κ3) is 1.60. The molecule has 1 rings (SSSR count). The zero-order valence-electron chi connectivity index (χ0n) is 6.19. The standard InChI is InChI=1S/C7H7ClFNO/c1-4-5(9)3-6(11-2)7(8)10-4/h3H,1-2H3. The van der Waals surface area contributed by atoms with E-state index in [1.165, 1.54) is 13.2 Å². The van der Waals surface area contributed by atoms with Gasteiger partial charge < -0.3 is 4.74 Å². The van der Waals surface area contributed by atoms with Crippen LogP contribution in [0.4, 0.5) is 4.39 Å². The van der Waals surface area contributed by atoms with Crippen molar-refractivity contribution in [3.8, 4) is 5.75 Å². The van der Waals surface area contributed by atoms with Crippen LogP contribution in [0.5, 0.6) is 5.75 Å². The Morgan fingerprint density at radius 1 is 1.64 bits per heavy atom. The maximum Gasteiger partial charge on any atom is 0.171 e. The summed E-state index contributed by atoms with van der Waals surface area (Å²) in [6.07, 6.45) is 0. The molecule has 0 N–H and O–H groups in total. The summed E-state index contributed by atoms with van der Waals surface area (Å²) < 4.78 is 17.5. The van der Waals surface area contributed by atoms with Gasteiger partial charge in [-0.15, -0.1) is 0 Å². The average molecular weight is 176 g/mol. The maximum atomic E-state index is 12.7. The summed E-state index contributed by atoms with van der Waals surface area (Å²) >= 11 is 5.60. The summed E-state index contributed by atoms with van der Waals surface area (Å²) in [7, 11) is 1.41. The van der Waals surface area contributed by atoms with E-state index in [2.05, 4.69) is 4.98 Å². The molecule has 0 spiro atoms. The maximum absolute atomic E-state index is 12.7. The molecule has 0 unspecified atom stereocenters. The van der Waals surface area contributed by atoms with Crippen LogP contribution in [0.3, 0.4) is 0 Å². The molecule has 0 bridgehead atoms. The van der Waals surface area contributed by atoms with Gasteiger partial charge in [-0.3, -0.25) is 0 Å². The zero-order valence-corrected chi connectivity index (χ0v) is 6.94. The Morgan fingerprint density at radius 2 is 2.27 bits per heavy atom. The molecular weight excluding hydrogens is 169 g/mol. The number of methoxy groups -OCH3 is 1. The van der Waals surface area contributed by atoms with Crippen LogP contribution in [0.15, 0.2) is 6.07 Å². The highest BCUT2D eigenvalue weighted by molar-refractivity contribution is 6.30. The van der Waals surface area contributed by atoms with E-state index < -0.39 is 5.82 Å². The predicted octanol–water partition coefficient (Wildman–Crippen LogP) is 2.19. The van der Waals surface area contributed by atoms with Gasteiger partial charge in [0.05, 0.1) is 12.8 Å². The Hall–Kier alpha value is -0.830. The number of rotatable bonds is 1. The minimum Gasteiger partial charge on any atom is -0.493 e. The SMILES string of the molecule is COc1cc(F)c(C)nc1Cl. The van der Waals surface area contributed by atoms with Crippen LogP contribution in [0.2, 0.25) is 5.15 Å². The first-order valence-electron chi connectivity index (χ1n) is 3.01. The first-order chi connectivity index (χ1) is 5.15. The van der Waals surface area contributed by atoms with Crippen molar-refractivity contribution in [1.29, 1.82) is 0 Å². The topological polar surface area (TPSA) is 22.1 Å². The van der Waals surface area contributed by atoms with Gasteiger partial charge in [0.25, 0.3) is 0 Å². The molecule has 2 nitrogen and oxygen atoms in total. The van der Waals surface area contributed by atoms with Gasteiger partial charge >= 0.3 is 0 Å². The molecule has 11 heavy (non-hydrogen) atoms. The highest BCUT2D eigenvalue weighted by atomic mass is 35.5. The largest absolute Gasteiger partial charge is 0.493 e. The smallest absolute Gasteiger partial charge is 0.171 e. The lowest BCUT2D eigenvalue weighted by atomic mass is 10.3. The Kier molecular flexibility index (Phi) is 2.29. The Balaban J connectivity index is 3.21. The summed E-state index contributed by atoms with van der Waals surface area (Å²) in [6.45, 7) is 1.54. The van der Waals surface area contributed by atoms with E-state index in [1.54, 1.807) is 6.92 Å². The van der Waals surface area contributed by atoms with Crippen LogP contribution >= 0.6 is 11.6 Å². The Bertz CT molecular complexity index is 277. The quantitative estimate of drug-likeness (QED) is 0.611. The van der Waals surface area contributed by atoms with Crippen molar-refractivity contribution in [3.05, 3.63) is 22.7 Å². The van der Waals surface area contributed by atoms with Crippen molar-refractivity contribution in [1.82, 2.24) is 4.98 Å². The number of ether oxygens (including phenoxy) is 1. The normalized spacial score (nSPS) is 9.82. The van der Waals surface area contributed by atoms with Gasteiger partial charge in [-0.25, -0.2) is 9.37 Å². The van der Waals surface area contributed by atoms with Crippen molar-refractivity contribution >= 4 is 11.6 Å². The fraction of sp³-hybridized carbons (Fsp3) is 0.286. The van der Waals surface area contributed by atoms with Crippen molar-refractivity contribution in [2.75, 3.05) is 7.11 Å². The molecule has 4 heteroatoms. The molecule has 0 aliphatic rings. The Morgan fingerprint density at radius 3 is 2.82 bits per heavy atom. The summed E-state index contributed by atoms with van der Waals surface area (Å²) in [4.78, 5) is 3.71. The number of aryl methyl sites for hydroxylation is 1. The van der Waals surface area contributed by atoms with Crippen LogP contribution in [-0.2, 0) is 0 Å². The van der Waals surface area contributed by atoms with Gasteiger partial charge in [0.1, 0.15) is 5.82 Å². The van der Waals surface area contributed by atoms with E-state index in [1.807, 2.05) is 0 Å². The minimum atomic E-state index is -0.411.